The number of nitrogens with zero attached hydrogens (tertiary/aromatic N) is 3. The molecule has 0 aliphatic carbocycles. The monoisotopic (exact) mass is 276 g/mol. The van der Waals surface area contributed by atoms with Gasteiger partial charge in [-0.05, 0) is 12.1 Å². The predicted molar refractivity (Wildman–Crippen MR) is 69.0 cm³/mol. The molecule has 0 radical (unpaired) electrons. The number of benzene rings is 1. The van der Waals surface area contributed by atoms with Gasteiger partial charge in [0.2, 0.25) is 11.0 Å². The van der Waals surface area contributed by atoms with Crippen LogP contribution < -0.4 is 11.1 Å². The Morgan fingerprint density at radius 3 is 3.05 bits per heavy atom. The minimum atomic E-state index is -0.561. The molecule has 2 heterocycles. The van der Waals surface area contributed by atoms with E-state index >= 15 is 0 Å². The third-order valence-electron chi connectivity index (χ3n) is 2.48. The lowest BCUT2D eigenvalue weighted by molar-refractivity contribution is -0.116. The number of oxazole rings is 1. The van der Waals surface area contributed by atoms with Crippen molar-refractivity contribution in [1.82, 2.24) is 14.8 Å². The Hall–Kier alpha value is -2.48. The molecule has 0 bridgehead atoms. The second-order valence-corrected chi connectivity index (χ2v) is 4.55. The van der Waals surface area contributed by atoms with Gasteiger partial charge in [0, 0.05) is 0 Å². The summed E-state index contributed by atoms with van der Waals surface area (Å²) >= 11 is 1.21. The molecule has 1 aromatic carbocycles. The maximum absolute atomic E-state index is 11.8. The van der Waals surface area contributed by atoms with Crippen LogP contribution in [0.4, 0.5) is 5.13 Å². The van der Waals surface area contributed by atoms with E-state index in [1.165, 1.54) is 21.4 Å². The van der Waals surface area contributed by atoms with E-state index in [0.29, 0.717) is 16.2 Å². The largest absolute Gasteiger partial charge is 0.420 e. The van der Waals surface area contributed by atoms with Crippen molar-refractivity contribution in [2.24, 2.45) is 0 Å². The molecule has 0 saturated carbocycles. The van der Waals surface area contributed by atoms with Gasteiger partial charge in [0.15, 0.2) is 5.58 Å². The van der Waals surface area contributed by atoms with E-state index in [-0.39, 0.29) is 12.5 Å². The maximum atomic E-state index is 11.8. The molecule has 2 aromatic heterocycles. The van der Waals surface area contributed by atoms with Gasteiger partial charge < -0.3 is 4.42 Å². The number of nitrogens with one attached hydrogen (secondary N) is 1. The fourth-order valence-electron chi connectivity index (χ4n) is 1.69. The van der Waals surface area contributed by atoms with E-state index in [1.807, 2.05) is 0 Å². The fraction of sp³-hybridized carbons (Fsp3) is 0.0909. The molecule has 0 atom stereocenters. The molecular weight excluding hydrogens is 268 g/mol. The first-order valence-electron chi connectivity index (χ1n) is 5.38. The van der Waals surface area contributed by atoms with Crippen molar-refractivity contribution >= 4 is 33.5 Å². The second kappa shape index (κ2) is 4.65. The average Bonchev–Trinajstić information content (AvgIpc) is 2.99. The van der Waals surface area contributed by atoms with Gasteiger partial charge in [-0.1, -0.05) is 23.5 Å². The quantitative estimate of drug-likeness (QED) is 0.773. The number of fused-ring (bicyclic) bond motifs is 1. The highest BCUT2D eigenvalue weighted by Crippen LogP contribution is 2.12. The summed E-state index contributed by atoms with van der Waals surface area (Å²) in [4.78, 5) is 23.5. The zero-order chi connectivity index (χ0) is 13.2. The maximum Gasteiger partial charge on any atom is 0.420 e. The van der Waals surface area contributed by atoms with Crippen LogP contribution in [-0.2, 0) is 11.3 Å². The fourth-order valence-corrected chi connectivity index (χ4v) is 2.15. The summed E-state index contributed by atoms with van der Waals surface area (Å²) in [5.74, 6) is -0.918. The summed E-state index contributed by atoms with van der Waals surface area (Å²) in [6.45, 7) is -0.130. The summed E-state index contributed by atoms with van der Waals surface area (Å²) in [5, 5.41) is 10.3. The zero-order valence-electron chi connectivity index (χ0n) is 9.57. The Morgan fingerprint density at radius 2 is 2.26 bits per heavy atom. The lowest BCUT2D eigenvalue weighted by Crippen LogP contribution is -2.24. The molecular formula is C11H8N4O3S. The van der Waals surface area contributed by atoms with Crippen LogP contribution in [-0.4, -0.2) is 20.7 Å². The van der Waals surface area contributed by atoms with Gasteiger partial charge in [0.1, 0.15) is 12.1 Å². The molecule has 3 aromatic rings. The first-order chi connectivity index (χ1) is 9.24. The minimum absolute atomic E-state index is 0.130. The topological polar surface area (TPSA) is 90.0 Å². The molecule has 3 rings (SSSR count). The summed E-state index contributed by atoms with van der Waals surface area (Å²) in [6.07, 6.45) is 0. The van der Waals surface area contributed by atoms with Crippen LogP contribution >= 0.6 is 11.3 Å². The molecule has 1 N–H and O–H groups in total. The number of aromatic nitrogens is 3. The Bertz CT molecular complexity index is 775. The molecule has 0 saturated heterocycles. The number of hydrogen-bond donors (Lipinski definition) is 1. The van der Waals surface area contributed by atoms with Gasteiger partial charge in [-0.15, -0.1) is 10.2 Å². The van der Waals surface area contributed by atoms with Gasteiger partial charge in [0.05, 0.1) is 5.52 Å². The molecule has 0 aliphatic rings. The van der Waals surface area contributed by atoms with Gasteiger partial charge >= 0.3 is 5.76 Å². The highest BCUT2D eigenvalue weighted by molar-refractivity contribution is 7.13. The lowest BCUT2D eigenvalue weighted by atomic mass is 10.3. The Kier molecular flexibility index (Phi) is 2.84. The van der Waals surface area contributed by atoms with Crippen LogP contribution in [0.5, 0.6) is 0 Å². The van der Waals surface area contributed by atoms with Crippen molar-refractivity contribution in [3.05, 3.63) is 40.3 Å². The number of amides is 1. The molecule has 8 heteroatoms. The summed E-state index contributed by atoms with van der Waals surface area (Å²) < 4.78 is 6.31. The smallest absolute Gasteiger partial charge is 0.408 e. The number of carbonyl (C=O) groups is 1. The number of rotatable bonds is 3. The van der Waals surface area contributed by atoms with E-state index in [4.69, 9.17) is 4.42 Å². The number of carbonyl (C=O) groups excluding carboxylic acids is 1. The summed E-state index contributed by atoms with van der Waals surface area (Å²) in [6, 6.07) is 6.93. The number of anilines is 1. The van der Waals surface area contributed by atoms with Gasteiger partial charge in [-0.2, -0.15) is 0 Å². The lowest BCUT2D eigenvalue weighted by Gasteiger charge is -2.01. The highest BCUT2D eigenvalue weighted by Gasteiger charge is 2.12. The van der Waals surface area contributed by atoms with Crippen molar-refractivity contribution in [3.8, 4) is 0 Å². The van der Waals surface area contributed by atoms with Crippen molar-refractivity contribution in [1.29, 1.82) is 0 Å². The van der Waals surface area contributed by atoms with Crippen molar-refractivity contribution in [3.63, 3.8) is 0 Å². The Labute approximate surface area is 110 Å². The third-order valence-corrected chi connectivity index (χ3v) is 3.09. The van der Waals surface area contributed by atoms with E-state index in [0.717, 1.165) is 0 Å². The molecule has 0 aliphatic heterocycles. The SMILES string of the molecule is O=C(Cn1c(=O)oc2ccccc21)Nc1nncs1. The molecule has 0 fully saturated rings. The average molecular weight is 276 g/mol. The second-order valence-electron chi connectivity index (χ2n) is 3.71. The van der Waals surface area contributed by atoms with E-state index < -0.39 is 5.76 Å². The summed E-state index contributed by atoms with van der Waals surface area (Å²) in [5.41, 5.74) is 2.55. The van der Waals surface area contributed by atoms with E-state index in [2.05, 4.69) is 15.5 Å². The van der Waals surface area contributed by atoms with Crippen molar-refractivity contribution < 1.29 is 9.21 Å². The molecule has 0 unspecified atom stereocenters. The molecule has 0 spiro atoms. The van der Waals surface area contributed by atoms with Crippen LogP contribution in [0.1, 0.15) is 0 Å². The highest BCUT2D eigenvalue weighted by atomic mass is 32.1. The Balaban J connectivity index is 1.87. The van der Waals surface area contributed by atoms with Crippen LogP contribution in [0, 0.1) is 0 Å². The molecule has 1 amide bonds. The van der Waals surface area contributed by atoms with Crippen LogP contribution in [0.25, 0.3) is 11.1 Å². The minimum Gasteiger partial charge on any atom is -0.408 e. The van der Waals surface area contributed by atoms with Gasteiger partial charge in [-0.25, -0.2) is 4.79 Å². The van der Waals surface area contributed by atoms with Gasteiger partial charge in [-0.3, -0.25) is 14.7 Å². The molecule has 19 heavy (non-hydrogen) atoms. The molecule has 7 nitrogen and oxygen atoms in total. The van der Waals surface area contributed by atoms with Crippen molar-refractivity contribution in [2.75, 3.05) is 5.32 Å². The summed E-state index contributed by atoms with van der Waals surface area (Å²) in [7, 11) is 0. The molecule has 96 valence electrons. The van der Waals surface area contributed by atoms with E-state index in [9.17, 15) is 9.59 Å². The zero-order valence-corrected chi connectivity index (χ0v) is 10.4. The predicted octanol–water partition coefficient (Wildman–Crippen LogP) is 1.08. The van der Waals surface area contributed by atoms with Gasteiger partial charge in [0.25, 0.3) is 0 Å². The van der Waals surface area contributed by atoms with Crippen molar-refractivity contribution in [2.45, 2.75) is 6.54 Å². The van der Waals surface area contributed by atoms with Crippen LogP contribution in [0.2, 0.25) is 0 Å². The first kappa shape index (κ1) is 11.6. The number of para-hydroxylation sites is 2. The third kappa shape index (κ3) is 2.25. The normalized spacial score (nSPS) is 10.7. The van der Waals surface area contributed by atoms with Crippen LogP contribution in [0.3, 0.4) is 0 Å². The first-order valence-corrected chi connectivity index (χ1v) is 6.26. The standard InChI is InChI=1S/C11H8N4O3S/c16-9(13-10-14-12-6-19-10)5-15-7-3-1-2-4-8(7)18-11(15)17/h1-4,6H,5H2,(H,13,14,16). The van der Waals surface area contributed by atoms with Crippen LogP contribution in [0.15, 0.2) is 39.0 Å². The van der Waals surface area contributed by atoms with E-state index in [1.54, 1.807) is 24.3 Å². The Morgan fingerprint density at radius 1 is 1.42 bits per heavy atom. The number of hydrogen-bond acceptors (Lipinski definition) is 6.